The zero-order valence-electron chi connectivity index (χ0n) is 12.1. The van der Waals surface area contributed by atoms with Crippen molar-refractivity contribution in [1.82, 2.24) is 20.4 Å². The molecular weight excluding hydrogens is 353 g/mol. The van der Waals surface area contributed by atoms with Crippen LogP contribution in [-0.4, -0.2) is 35.9 Å². The number of aromatic nitrogens is 2. The molecule has 1 heterocycles. The zero-order valence-corrected chi connectivity index (χ0v) is 14.5. The molecule has 0 atom stereocenters. The molecule has 2 N–H and O–H groups in total. The van der Waals surface area contributed by atoms with Gasteiger partial charge in [0.1, 0.15) is 0 Å². The predicted molar refractivity (Wildman–Crippen MR) is 91.3 cm³/mol. The molecule has 0 spiro atoms. The topological polar surface area (TPSA) is 54.2 Å². The summed E-state index contributed by atoms with van der Waals surface area (Å²) >= 11 is 0. The average molecular weight is 379 g/mol. The fourth-order valence-corrected chi connectivity index (χ4v) is 1.64. The highest BCUT2D eigenvalue weighted by Crippen LogP contribution is 1.95. The Balaban J connectivity index is 0.00000324. The summed E-state index contributed by atoms with van der Waals surface area (Å²) in [5, 5.41) is 10.8. The second-order valence-corrected chi connectivity index (χ2v) is 4.41. The Morgan fingerprint density at radius 1 is 1.32 bits per heavy atom. The highest BCUT2D eigenvalue weighted by molar-refractivity contribution is 14.0. The van der Waals surface area contributed by atoms with Gasteiger partial charge in [0.15, 0.2) is 5.96 Å². The second kappa shape index (κ2) is 11.1. The van der Waals surface area contributed by atoms with Crippen molar-refractivity contribution in [3.05, 3.63) is 18.0 Å². The molecule has 6 heteroatoms. The normalized spacial score (nSPS) is 11.0. The number of halogens is 1. The van der Waals surface area contributed by atoms with E-state index in [4.69, 9.17) is 0 Å². The molecule has 0 aliphatic carbocycles. The number of rotatable bonds is 7. The maximum Gasteiger partial charge on any atom is 0.190 e. The van der Waals surface area contributed by atoms with E-state index in [1.165, 1.54) is 18.4 Å². The molecule has 0 radical (unpaired) electrons. The molecule has 0 fully saturated rings. The summed E-state index contributed by atoms with van der Waals surface area (Å²) in [6, 6.07) is 0. The van der Waals surface area contributed by atoms with Gasteiger partial charge < -0.3 is 10.6 Å². The van der Waals surface area contributed by atoms with Crippen molar-refractivity contribution in [3.63, 3.8) is 0 Å². The van der Waals surface area contributed by atoms with Crippen LogP contribution in [0.3, 0.4) is 0 Å². The molecule has 0 aliphatic heterocycles. The lowest BCUT2D eigenvalue weighted by atomic mass is 10.3. The number of nitrogens with one attached hydrogen (secondary N) is 2. The van der Waals surface area contributed by atoms with Gasteiger partial charge in [-0.2, -0.15) is 5.10 Å². The molecule has 0 bridgehead atoms. The monoisotopic (exact) mass is 379 g/mol. The average Bonchev–Trinajstić information content (AvgIpc) is 2.78. The molecule has 0 saturated carbocycles. The van der Waals surface area contributed by atoms with Gasteiger partial charge in [-0.25, -0.2) is 0 Å². The van der Waals surface area contributed by atoms with Gasteiger partial charge in [-0.05, 0) is 25.3 Å². The molecule has 0 amide bonds. The van der Waals surface area contributed by atoms with Crippen molar-refractivity contribution in [2.24, 2.45) is 4.99 Å². The van der Waals surface area contributed by atoms with E-state index >= 15 is 0 Å². The first kappa shape index (κ1) is 18.2. The van der Waals surface area contributed by atoms with E-state index < -0.39 is 0 Å². The fraction of sp³-hybridized carbons (Fsp3) is 0.692. The standard InChI is InChI=1S/C13H25N5.HI/c1-4-5-7-15-13(14-3)16-8-6-9-18-11-12(2)10-17-18;/h10-11H,4-9H2,1-3H3,(H2,14,15,16);1H. The molecular formula is C13H26IN5. The van der Waals surface area contributed by atoms with E-state index in [1.54, 1.807) is 7.05 Å². The van der Waals surface area contributed by atoms with Crippen LogP contribution in [0.5, 0.6) is 0 Å². The number of aryl methyl sites for hydroxylation is 2. The molecule has 110 valence electrons. The van der Waals surface area contributed by atoms with Gasteiger partial charge in [0.25, 0.3) is 0 Å². The molecule has 0 saturated heterocycles. The van der Waals surface area contributed by atoms with E-state index in [2.05, 4.69) is 40.8 Å². The fourth-order valence-electron chi connectivity index (χ4n) is 1.64. The Hall–Kier alpha value is -0.790. The molecule has 0 aliphatic rings. The van der Waals surface area contributed by atoms with Gasteiger partial charge in [-0.15, -0.1) is 24.0 Å². The predicted octanol–water partition coefficient (Wildman–Crippen LogP) is 2.16. The van der Waals surface area contributed by atoms with E-state index in [1.807, 2.05) is 10.9 Å². The van der Waals surface area contributed by atoms with Crippen LogP contribution in [0, 0.1) is 6.92 Å². The SMILES string of the molecule is CCCCNC(=NC)NCCCn1cc(C)cn1.I. The van der Waals surface area contributed by atoms with Crippen LogP contribution in [0.2, 0.25) is 0 Å². The molecule has 1 rings (SSSR count). The molecule has 0 aromatic carbocycles. The van der Waals surface area contributed by atoms with Crippen molar-refractivity contribution < 1.29 is 0 Å². The van der Waals surface area contributed by atoms with Gasteiger partial charge >= 0.3 is 0 Å². The molecule has 5 nitrogen and oxygen atoms in total. The third kappa shape index (κ3) is 8.07. The summed E-state index contributed by atoms with van der Waals surface area (Å²) in [7, 11) is 1.80. The van der Waals surface area contributed by atoms with Crippen LogP contribution >= 0.6 is 24.0 Å². The van der Waals surface area contributed by atoms with Gasteiger partial charge in [-0.3, -0.25) is 9.67 Å². The zero-order chi connectivity index (χ0) is 13.2. The number of nitrogens with zero attached hydrogens (tertiary/aromatic N) is 3. The number of aliphatic imine (C=N–C) groups is 1. The minimum Gasteiger partial charge on any atom is -0.356 e. The van der Waals surface area contributed by atoms with Crippen LogP contribution in [0.1, 0.15) is 31.7 Å². The number of hydrogen-bond acceptors (Lipinski definition) is 2. The maximum absolute atomic E-state index is 4.26. The van der Waals surface area contributed by atoms with Crippen LogP contribution in [-0.2, 0) is 6.54 Å². The van der Waals surface area contributed by atoms with Crippen LogP contribution in [0.4, 0.5) is 0 Å². The van der Waals surface area contributed by atoms with Crippen molar-refractivity contribution >= 4 is 29.9 Å². The van der Waals surface area contributed by atoms with Crippen LogP contribution in [0.25, 0.3) is 0 Å². The summed E-state index contributed by atoms with van der Waals surface area (Å²) < 4.78 is 1.98. The Bertz CT molecular complexity index is 362. The number of unbranched alkanes of at least 4 members (excludes halogenated alkanes) is 1. The van der Waals surface area contributed by atoms with Crippen molar-refractivity contribution in [2.45, 2.75) is 39.7 Å². The Morgan fingerprint density at radius 2 is 2.00 bits per heavy atom. The molecule has 1 aromatic heterocycles. The minimum atomic E-state index is 0. The van der Waals surface area contributed by atoms with Crippen LogP contribution < -0.4 is 10.6 Å². The Labute approximate surface area is 133 Å². The first-order valence-corrected chi connectivity index (χ1v) is 6.70. The van der Waals surface area contributed by atoms with Gasteiger partial charge in [-0.1, -0.05) is 13.3 Å². The maximum atomic E-state index is 4.26. The highest BCUT2D eigenvalue weighted by Gasteiger charge is 1.97. The lowest BCUT2D eigenvalue weighted by Crippen LogP contribution is -2.38. The van der Waals surface area contributed by atoms with Crippen molar-refractivity contribution in [3.8, 4) is 0 Å². The van der Waals surface area contributed by atoms with Crippen molar-refractivity contribution in [1.29, 1.82) is 0 Å². The lowest BCUT2D eigenvalue weighted by Gasteiger charge is -2.11. The van der Waals surface area contributed by atoms with Gasteiger partial charge in [0.05, 0.1) is 6.20 Å². The second-order valence-electron chi connectivity index (χ2n) is 4.41. The Kier molecular flexibility index (Phi) is 10.6. The summed E-state index contributed by atoms with van der Waals surface area (Å²) in [5.74, 6) is 0.889. The number of guanidine groups is 1. The quantitative estimate of drug-likeness (QED) is 0.331. The largest absolute Gasteiger partial charge is 0.356 e. The first-order chi connectivity index (χ1) is 8.76. The van der Waals surface area contributed by atoms with Crippen molar-refractivity contribution in [2.75, 3.05) is 20.1 Å². The molecule has 19 heavy (non-hydrogen) atoms. The Morgan fingerprint density at radius 3 is 2.53 bits per heavy atom. The van der Waals surface area contributed by atoms with E-state index in [0.29, 0.717) is 0 Å². The first-order valence-electron chi connectivity index (χ1n) is 6.70. The van der Waals surface area contributed by atoms with Gasteiger partial charge in [0, 0.05) is 32.9 Å². The third-order valence-electron chi connectivity index (χ3n) is 2.67. The lowest BCUT2D eigenvalue weighted by molar-refractivity contribution is 0.569. The highest BCUT2D eigenvalue weighted by atomic mass is 127. The summed E-state index contributed by atoms with van der Waals surface area (Å²) in [4.78, 5) is 4.18. The molecule has 1 aromatic rings. The summed E-state index contributed by atoms with van der Waals surface area (Å²) in [6.45, 7) is 7.07. The van der Waals surface area contributed by atoms with E-state index in [-0.39, 0.29) is 24.0 Å². The third-order valence-corrected chi connectivity index (χ3v) is 2.67. The summed E-state index contributed by atoms with van der Waals surface area (Å²) in [6.07, 6.45) is 7.36. The number of hydrogen-bond donors (Lipinski definition) is 2. The van der Waals surface area contributed by atoms with E-state index in [9.17, 15) is 0 Å². The van der Waals surface area contributed by atoms with Crippen LogP contribution in [0.15, 0.2) is 17.4 Å². The minimum absolute atomic E-state index is 0. The van der Waals surface area contributed by atoms with Gasteiger partial charge in [0.2, 0.25) is 0 Å². The molecule has 0 unspecified atom stereocenters. The smallest absolute Gasteiger partial charge is 0.190 e. The van der Waals surface area contributed by atoms with E-state index in [0.717, 1.165) is 32.0 Å². The summed E-state index contributed by atoms with van der Waals surface area (Å²) in [5.41, 5.74) is 1.21.